The lowest BCUT2D eigenvalue weighted by atomic mass is 10.0. The Balaban J connectivity index is 2.86. The molecule has 88 valence electrons. The van der Waals surface area contributed by atoms with Crippen molar-refractivity contribution in [2.45, 2.75) is 25.8 Å². The van der Waals surface area contributed by atoms with E-state index in [0.29, 0.717) is 5.56 Å². The van der Waals surface area contributed by atoms with E-state index < -0.39 is 17.8 Å². The van der Waals surface area contributed by atoms with E-state index in [0.717, 1.165) is 10.0 Å². The van der Waals surface area contributed by atoms with Gasteiger partial charge in [0.15, 0.2) is 0 Å². The Labute approximate surface area is 102 Å². The summed E-state index contributed by atoms with van der Waals surface area (Å²) in [4.78, 5) is 10.4. The molecule has 0 aromatic heterocycles. The molecule has 0 radical (unpaired) electrons. The van der Waals surface area contributed by atoms with Crippen LogP contribution < -0.4 is 5.73 Å². The first-order chi connectivity index (χ1) is 7.41. The molecule has 0 saturated carbocycles. The van der Waals surface area contributed by atoms with Gasteiger partial charge in [0.2, 0.25) is 0 Å². The van der Waals surface area contributed by atoms with Crippen LogP contribution in [0.3, 0.4) is 0 Å². The molecule has 0 bridgehead atoms. The van der Waals surface area contributed by atoms with Crippen LogP contribution in [0.1, 0.15) is 30.0 Å². The van der Waals surface area contributed by atoms with Crippen molar-refractivity contribution in [1.29, 1.82) is 0 Å². The highest BCUT2D eigenvalue weighted by atomic mass is 79.9. The lowest BCUT2D eigenvalue weighted by Crippen LogP contribution is -2.14. The van der Waals surface area contributed by atoms with Crippen LogP contribution in [0.25, 0.3) is 0 Å². The van der Waals surface area contributed by atoms with Crippen LogP contribution in [0.5, 0.6) is 0 Å². The number of carboxylic acids is 1. The molecule has 0 fully saturated rings. The number of aryl methyl sites for hydroxylation is 1. The van der Waals surface area contributed by atoms with Gasteiger partial charge in [-0.25, -0.2) is 4.39 Å². The SMILES string of the molecule is Cc1cc(F)c(C(N)CCC(=O)O)cc1Br. The topological polar surface area (TPSA) is 63.3 Å². The molecule has 3 nitrogen and oxygen atoms in total. The minimum absolute atomic E-state index is 0.0634. The molecule has 1 atom stereocenters. The van der Waals surface area contributed by atoms with Crippen LogP contribution >= 0.6 is 15.9 Å². The third-order valence-electron chi connectivity index (χ3n) is 2.35. The Morgan fingerprint density at radius 3 is 2.81 bits per heavy atom. The molecule has 1 aromatic carbocycles. The van der Waals surface area contributed by atoms with Crippen molar-refractivity contribution in [1.82, 2.24) is 0 Å². The first-order valence-electron chi connectivity index (χ1n) is 4.84. The molecule has 5 heteroatoms. The molecule has 0 spiro atoms. The van der Waals surface area contributed by atoms with Crippen molar-refractivity contribution in [2.75, 3.05) is 0 Å². The minimum Gasteiger partial charge on any atom is -0.481 e. The van der Waals surface area contributed by atoms with Crippen LogP contribution in [-0.2, 0) is 4.79 Å². The van der Waals surface area contributed by atoms with Gasteiger partial charge in [0, 0.05) is 22.5 Å². The highest BCUT2D eigenvalue weighted by Crippen LogP contribution is 2.26. The van der Waals surface area contributed by atoms with Gasteiger partial charge in [0.25, 0.3) is 0 Å². The first-order valence-corrected chi connectivity index (χ1v) is 5.64. The maximum absolute atomic E-state index is 13.6. The van der Waals surface area contributed by atoms with Crippen LogP contribution in [0.2, 0.25) is 0 Å². The number of nitrogens with two attached hydrogens (primary N) is 1. The van der Waals surface area contributed by atoms with E-state index in [-0.39, 0.29) is 12.8 Å². The Hall–Kier alpha value is -0.940. The minimum atomic E-state index is -0.929. The average molecular weight is 290 g/mol. The van der Waals surface area contributed by atoms with E-state index in [1.165, 1.54) is 6.07 Å². The Morgan fingerprint density at radius 2 is 2.25 bits per heavy atom. The maximum atomic E-state index is 13.6. The van der Waals surface area contributed by atoms with Crippen molar-refractivity contribution >= 4 is 21.9 Å². The summed E-state index contributed by atoms with van der Waals surface area (Å²) in [5, 5.41) is 8.52. The van der Waals surface area contributed by atoms with Crippen molar-refractivity contribution < 1.29 is 14.3 Å². The summed E-state index contributed by atoms with van der Waals surface area (Å²) >= 11 is 3.29. The van der Waals surface area contributed by atoms with Gasteiger partial charge >= 0.3 is 5.97 Å². The molecule has 1 rings (SSSR count). The third-order valence-corrected chi connectivity index (χ3v) is 3.20. The third kappa shape index (κ3) is 3.28. The van der Waals surface area contributed by atoms with E-state index in [9.17, 15) is 9.18 Å². The number of carbonyl (C=O) groups is 1. The zero-order valence-electron chi connectivity index (χ0n) is 8.84. The zero-order chi connectivity index (χ0) is 12.3. The molecule has 0 aliphatic heterocycles. The van der Waals surface area contributed by atoms with Gasteiger partial charge in [-0.15, -0.1) is 0 Å². The predicted octanol–water partition coefficient (Wildman–Crippen LogP) is 2.76. The summed E-state index contributed by atoms with van der Waals surface area (Å²) in [6.07, 6.45) is 0.161. The summed E-state index contributed by atoms with van der Waals surface area (Å²) in [7, 11) is 0. The molecular formula is C11H13BrFNO2. The van der Waals surface area contributed by atoms with Crippen molar-refractivity contribution in [2.24, 2.45) is 5.73 Å². The van der Waals surface area contributed by atoms with Gasteiger partial charge in [0.1, 0.15) is 5.82 Å². The highest BCUT2D eigenvalue weighted by molar-refractivity contribution is 9.10. The summed E-state index contributed by atoms with van der Waals surface area (Å²) in [5.74, 6) is -1.32. The van der Waals surface area contributed by atoms with E-state index in [4.69, 9.17) is 10.8 Å². The second kappa shape index (κ2) is 5.41. The molecule has 1 unspecified atom stereocenters. The van der Waals surface area contributed by atoms with Crippen molar-refractivity contribution in [3.05, 3.63) is 33.5 Å². The zero-order valence-corrected chi connectivity index (χ0v) is 10.4. The standard InChI is InChI=1S/C11H13BrFNO2/c1-6-4-9(13)7(5-8(6)12)10(14)2-3-11(15)16/h4-5,10H,2-3,14H2,1H3,(H,15,16). The number of rotatable bonds is 4. The largest absolute Gasteiger partial charge is 0.481 e. The average Bonchev–Trinajstić information content (AvgIpc) is 2.20. The first kappa shape index (κ1) is 13.1. The number of halogens is 2. The molecule has 0 aliphatic carbocycles. The van der Waals surface area contributed by atoms with Crippen molar-refractivity contribution in [3.8, 4) is 0 Å². The van der Waals surface area contributed by atoms with Gasteiger partial charge in [0.05, 0.1) is 0 Å². The van der Waals surface area contributed by atoms with Crippen LogP contribution in [-0.4, -0.2) is 11.1 Å². The number of carboxylic acid groups (broad SMARTS) is 1. The normalized spacial score (nSPS) is 12.5. The van der Waals surface area contributed by atoms with Crippen LogP contribution in [0, 0.1) is 12.7 Å². The predicted molar refractivity (Wildman–Crippen MR) is 62.6 cm³/mol. The van der Waals surface area contributed by atoms with E-state index in [1.54, 1.807) is 13.0 Å². The lowest BCUT2D eigenvalue weighted by Gasteiger charge is -2.13. The number of benzene rings is 1. The summed E-state index contributed by atoms with van der Waals surface area (Å²) < 4.78 is 14.3. The van der Waals surface area contributed by atoms with Gasteiger partial charge in [-0.05, 0) is 31.0 Å². The monoisotopic (exact) mass is 289 g/mol. The summed E-state index contributed by atoms with van der Waals surface area (Å²) in [5.41, 5.74) is 6.87. The maximum Gasteiger partial charge on any atom is 0.303 e. The number of hydrogen-bond donors (Lipinski definition) is 2. The molecular weight excluding hydrogens is 277 g/mol. The fourth-order valence-electron chi connectivity index (χ4n) is 1.38. The fraction of sp³-hybridized carbons (Fsp3) is 0.364. The molecule has 0 aliphatic rings. The molecule has 0 saturated heterocycles. The smallest absolute Gasteiger partial charge is 0.303 e. The quantitative estimate of drug-likeness (QED) is 0.896. The molecule has 3 N–H and O–H groups in total. The van der Waals surface area contributed by atoms with Crippen molar-refractivity contribution in [3.63, 3.8) is 0 Å². The van der Waals surface area contributed by atoms with Crippen LogP contribution in [0.4, 0.5) is 4.39 Å². The summed E-state index contributed by atoms with van der Waals surface area (Å²) in [6, 6.07) is 2.41. The Kier molecular flexibility index (Phi) is 4.44. The Bertz CT molecular complexity index is 409. The van der Waals surface area contributed by atoms with Gasteiger partial charge in [-0.1, -0.05) is 15.9 Å². The highest BCUT2D eigenvalue weighted by Gasteiger charge is 2.14. The summed E-state index contributed by atoms with van der Waals surface area (Å²) in [6.45, 7) is 1.78. The fourth-order valence-corrected chi connectivity index (χ4v) is 1.74. The van der Waals surface area contributed by atoms with Gasteiger partial charge < -0.3 is 10.8 Å². The van der Waals surface area contributed by atoms with E-state index in [1.807, 2.05) is 0 Å². The second-order valence-corrected chi connectivity index (χ2v) is 4.52. The number of aliphatic carboxylic acids is 1. The molecule has 1 aromatic rings. The van der Waals surface area contributed by atoms with Gasteiger partial charge in [-0.2, -0.15) is 0 Å². The molecule has 16 heavy (non-hydrogen) atoms. The lowest BCUT2D eigenvalue weighted by molar-refractivity contribution is -0.137. The molecule has 0 amide bonds. The second-order valence-electron chi connectivity index (χ2n) is 3.66. The Morgan fingerprint density at radius 1 is 1.62 bits per heavy atom. The van der Waals surface area contributed by atoms with Gasteiger partial charge in [-0.3, -0.25) is 4.79 Å². The van der Waals surface area contributed by atoms with E-state index in [2.05, 4.69) is 15.9 Å². The number of hydrogen-bond acceptors (Lipinski definition) is 2. The van der Waals surface area contributed by atoms with E-state index >= 15 is 0 Å². The molecule has 0 heterocycles. The van der Waals surface area contributed by atoms with Crippen LogP contribution in [0.15, 0.2) is 16.6 Å².